The van der Waals surface area contributed by atoms with Crippen molar-refractivity contribution in [2.75, 3.05) is 17.2 Å². The summed E-state index contributed by atoms with van der Waals surface area (Å²) in [4.78, 5) is 28.7. The van der Waals surface area contributed by atoms with Crippen LogP contribution in [-0.4, -0.2) is 50.1 Å². The van der Waals surface area contributed by atoms with Crippen molar-refractivity contribution in [3.63, 3.8) is 0 Å². The third kappa shape index (κ3) is 6.33. The number of urea groups is 1. The smallest absolute Gasteiger partial charge is 0.322 e. The van der Waals surface area contributed by atoms with E-state index in [9.17, 15) is 9.59 Å². The van der Waals surface area contributed by atoms with Gasteiger partial charge in [-0.15, -0.1) is 5.10 Å². The summed E-state index contributed by atoms with van der Waals surface area (Å²) in [6.07, 6.45) is 4.54. The maximum absolute atomic E-state index is 14.0. The van der Waals surface area contributed by atoms with Gasteiger partial charge in [-0.3, -0.25) is 10.1 Å². The summed E-state index contributed by atoms with van der Waals surface area (Å²) in [7, 11) is 0. The number of aromatic nitrogens is 4. The molecule has 1 fully saturated rings. The Morgan fingerprint density at radius 1 is 1.00 bits per heavy atom. The highest BCUT2D eigenvalue weighted by Crippen LogP contribution is 2.44. The van der Waals surface area contributed by atoms with Gasteiger partial charge >= 0.3 is 6.03 Å². The standard InChI is InChI=1S/C28H33Cl2N7O3/c1-28(2,3)17-5-7-21(8-6-17)37(27(39)31-20-14-18(29)13-19(30)15-20)23-10-11-40-24-12-16(4-9-22(23)24)25(38)32-26-33-35-36-34-26/h4,9,12-15,17,21,23H,5-8,10-11H2,1-3H3,(H,31,39)(H2,32,33,34,35,36,38). The first-order valence-corrected chi connectivity index (χ1v) is 14.2. The van der Waals surface area contributed by atoms with Gasteiger partial charge in [0.05, 0.1) is 12.6 Å². The highest BCUT2D eigenvalue weighted by molar-refractivity contribution is 6.35. The number of halogens is 2. The zero-order chi connectivity index (χ0) is 28.4. The summed E-state index contributed by atoms with van der Waals surface area (Å²) in [5, 5.41) is 19.8. The second-order valence-electron chi connectivity index (χ2n) is 11.5. The number of nitrogens with zero attached hydrogens (tertiary/aromatic N) is 4. The number of fused-ring (bicyclic) bond motifs is 1. The van der Waals surface area contributed by atoms with E-state index < -0.39 is 0 Å². The van der Waals surface area contributed by atoms with Crippen LogP contribution in [0.2, 0.25) is 10.0 Å². The molecule has 2 heterocycles. The van der Waals surface area contributed by atoms with Crippen molar-refractivity contribution < 1.29 is 14.3 Å². The molecule has 0 spiro atoms. The Balaban J connectivity index is 1.43. The lowest BCUT2D eigenvalue weighted by molar-refractivity contribution is 0.0768. The van der Waals surface area contributed by atoms with Crippen molar-refractivity contribution in [2.24, 2.45) is 11.3 Å². The van der Waals surface area contributed by atoms with Crippen molar-refractivity contribution >= 4 is 46.8 Å². The normalized spacial score (nSPS) is 20.7. The summed E-state index contributed by atoms with van der Waals surface area (Å²) in [5.74, 6) is 0.867. The van der Waals surface area contributed by atoms with Gasteiger partial charge in [0, 0.05) is 39.3 Å². The minimum absolute atomic E-state index is 0.0467. The van der Waals surface area contributed by atoms with Crippen LogP contribution in [0.1, 0.15) is 74.8 Å². The molecule has 3 amide bonds. The Hall–Kier alpha value is -3.37. The van der Waals surface area contributed by atoms with Gasteiger partial charge < -0.3 is 15.0 Å². The molecule has 1 aromatic heterocycles. The molecule has 2 aromatic carbocycles. The van der Waals surface area contributed by atoms with E-state index in [1.807, 2.05) is 11.0 Å². The lowest BCUT2D eigenvalue weighted by atomic mass is 9.71. The molecule has 2 aliphatic rings. The summed E-state index contributed by atoms with van der Waals surface area (Å²) in [5.41, 5.74) is 2.01. The number of amides is 3. The van der Waals surface area contributed by atoms with E-state index in [4.69, 9.17) is 27.9 Å². The molecule has 3 N–H and O–H groups in total. The first-order chi connectivity index (χ1) is 19.1. The minimum Gasteiger partial charge on any atom is -0.493 e. The SMILES string of the molecule is CC(C)(C)C1CCC(N(C(=O)Nc2cc(Cl)cc(Cl)c2)C2CCOc3cc(C(=O)Nc4nn[nH]n4)ccc32)CC1. The molecule has 10 nitrogen and oxygen atoms in total. The van der Waals surface area contributed by atoms with Crippen LogP contribution in [0.3, 0.4) is 0 Å². The first kappa shape index (κ1) is 28.2. The van der Waals surface area contributed by atoms with Crippen molar-refractivity contribution in [2.45, 2.75) is 65.0 Å². The van der Waals surface area contributed by atoms with Crippen LogP contribution < -0.4 is 15.4 Å². The molecule has 1 saturated carbocycles. The van der Waals surface area contributed by atoms with E-state index in [0.717, 1.165) is 31.2 Å². The molecular weight excluding hydrogens is 553 g/mol. The molecule has 3 aromatic rings. The van der Waals surface area contributed by atoms with E-state index in [2.05, 4.69) is 52.0 Å². The third-order valence-corrected chi connectivity index (χ3v) is 8.29. The van der Waals surface area contributed by atoms with Crippen molar-refractivity contribution in [1.82, 2.24) is 25.5 Å². The number of carbonyl (C=O) groups excluding carboxylic acids is 2. The zero-order valence-electron chi connectivity index (χ0n) is 22.7. The molecule has 1 aliphatic carbocycles. The lowest BCUT2D eigenvalue weighted by Gasteiger charge is -2.45. The summed E-state index contributed by atoms with van der Waals surface area (Å²) in [6, 6.07) is 9.88. The van der Waals surface area contributed by atoms with Gasteiger partial charge in [-0.05, 0) is 72.6 Å². The highest BCUT2D eigenvalue weighted by atomic mass is 35.5. The number of rotatable bonds is 5. The van der Waals surface area contributed by atoms with Crippen LogP contribution in [0.5, 0.6) is 5.75 Å². The van der Waals surface area contributed by atoms with Crippen molar-refractivity contribution in [3.8, 4) is 5.75 Å². The second kappa shape index (κ2) is 11.6. The minimum atomic E-state index is -0.386. The fraction of sp³-hybridized carbons (Fsp3) is 0.464. The monoisotopic (exact) mass is 585 g/mol. The maximum atomic E-state index is 14.0. The van der Waals surface area contributed by atoms with E-state index in [1.54, 1.807) is 30.3 Å². The highest BCUT2D eigenvalue weighted by Gasteiger charge is 2.39. The Morgan fingerprint density at radius 2 is 1.73 bits per heavy atom. The number of carbonyl (C=O) groups is 2. The fourth-order valence-corrected chi connectivity index (χ4v) is 6.31. The molecule has 5 rings (SSSR count). The maximum Gasteiger partial charge on any atom is 0.322 e. The summed E-state index contributed by atoms with van der Waals surface area (Å²) >= 11 is 12.4. The molecule has 0 bridgehead atoms. The molecule has 0 saturated heterocycles. The number of ether oxygens (including phenoxy) is 1. The Bertz CT molecular complexity index is 1350. The van der Waals surface area contributed by atoms with Crippen molar-refractivity contribution in [3.05, 3.63) is 57.6 Å². The van der Waals surface area contributed by atoms with E-state index in [1.165, 1.54) is 0 Å². The molecule has 1 unspecified atom stereocenters. The number of H-pyrrole nitrogens is 1. The summed E-state index contributed by atoms with van der Waals surface area (Å²) < 4.78 is 5.99. The Morgan fingerprint density at radius 3 is 2.38 bits per heavy atom. The van der Waals surface area contributed by atoms with Gasteiger partial charge in [-0.1, -0.05) is 55.1 Å². The van der Waals surface area contributed by atoms with Gasteiger partial charge in [-0.2, -0.15) is 5.21 Å². The number of hydrogen-bond acceptors (Lipinski definition) is 6. The average molecular weight is 587 g/mol. The van der Waals surface area contributed by atoms with Gasteiger partial charge in [0.1, 0.15) is 5.75 Å². The molecule has 40 heavy (non-hydrogen) atoms. The average Bonchev–Trinajstić information content (AvgIpc) is 3.41. The lowest BCUT2D eigenvalue weighted by Crippen LogP contribution is -2.48. The van der Waals surface area contributed by atoms with Crippen LogP contribution >= 0.6 is 23.2 Å². The van der Waals surface area contributed by atoms with Crippen LogP contribution in [0.25, 0.3) is 0 Å². The van der Waals surface area contributed by atoms with E-state index >= 15 is 0 Å². The van der Waals surface area contributed by atoms with Gasteiger partial charge in [0.2, 0.25) is 0 Å². The van der Waals surface area contributed by atoms with Crippen LogP contribution in [0.15, 0.2) is 36.4 Å². The summed E-state index contributed by atoms with van der Waals surface area (Å²) in [6.45, 7) is 7.27. The Kier molecular flexibility index (Phi) is 8.19. The predicted octanol–water partition coefficient (Wildman–Crippen LogP) is 6.72. The number of nitrogens with one attached hydrogen (secondary N) is 3. The van der Waals surface area contributed by atoms with Crippen LogP contribution in [0, 0.1) is 11.3 Å². The number of benzene rings is 2. The van der Waals surface area contributed by atoms with Gasteiger partial charge in [-0.25, -0.2) is 4.79 Å². The van der Waals surface area contributed by atoms with Gasteiger partial charge in [0.25, 0.3) is 11.9 Å². The number of tetrazole rings is 1. The molecule has 12 heteroatoms. The quantitative estimate of drug-likeness (QED) is 0.305. The predicted molar refractivity (Wildman–Crippen MR) is 154 cm³/mol. The molecular formula is C28H33Cl2N7O3. The van der Waals surface area contributed by atoms with E-state index in [-0.39, 0.29) is 35.4 Å². The molecule has 212 valence electrons. The Labute approximate surface area is 243 Å². The zero-order valence-corrected chi connectivity index (χ0v) is 24.2. The second-order valence-corrected chi connectivity index (χ2v) is 12.3. The van der Waals surface area contributed by atoms with E-state index in [0.29, 0.717) is 46.0 Å². The first-order valence-electron chi connectivity index (χ1n) is 13.5. The fourth-order valence-electron chi connectivity index (χ4n) is 5.79. The van der Waals surface area contributed by atoms with Gasteiger partial charge in [0.15, 0.2) is 0 Å². The van der Waals surface area contributed by atoms with Crippen LogP contribution in [0.4, 0.5) is 16.4 Å². The third-order valence-electron chi connectivity index (χ3n) is 7.85. The number of hydrogen-bond donors (Lipinski definition) is 3. The number of aromatic amines is 1. The molecule has 1 aliphatic heterocycles. The molecule has 0 radical (unpaired) electrons. The topological polar surface area (TPSA) is 125 Å². The van der Waals surface area contributed by atoms with Crippen molar-refractivity contribution in [1.29, 1.82) is 0 Å². The molecule has 1 atom stereocenters. The largest absolute Gasteiger partial charge is 0.493 e. The van der Waals surface area contributed by atoms with Crippen LogP contribution in [-0.2, 0) is 0 Å². The number of anilines is 2.